The first-order valence-electron chi connectivity index (χ1n) is 9.10. The Labute approximate surface area is 168 Å². The Bertz CT molecular complexity index is 791. The molecule has 0 spiro atoms. The van der Waals surface area contributed by atoms with E-state index in [9.17, 15) is 14.4 Å². The van der Waals surface area contributed by atoms with Crippen LogP contribution in [-0.4, -0.2) is 37.7 Å². The summed E-state index contributed by atoms with van der Waals surface area (Å²) < 4.78 is 15.3. The molecule has 1 aromatic carbocycles. The van der Waals surface area contributed by atoms with Crippen molar-refractivity contribution in [1.82, 2.24) is 0 Å². The van der Waals surface area contributed by atoms with Gasteiger partial charge in [0.15, 0.2) is 0 Å². The third-order valence-corrected chi connectivity index (χ3v) is 5.31. The molecule has 0 radical (unpaired) electrons. The van der Waals surface area contributed by atoms with Gasteiger partial charge in [0.2, 0.25) is 0 Å². The minimum Gasteiger partial charge on any atom is -0.464 e. The molecule has 0 saturated heterocycles. The second kappa shape index (κ2) is 9.50. The number of hydrogen-bond acceptors (Lipinski definition) is 7. The van der Waals surface area contributed by atoms with Crippen molar-refractivity contribution in [2.75, 3.05) is 19.8 Å². The fourth-order valence-corrected chi connectivity index (χ4v) is 3.85. The molecule has 0 amide bonds. The maximum Gasteiger partial charge on any atom is 0.340 e. The highest BCUT2D eigenvalue weighted by atomic mass is 32.1. The zero-order valence-corrected chi connectivity index (χ0v) is 17.3. The first-order chi connectivity index (χ1) is 13.4. The van der Waals surface area contributed by atoms with Crippen LogP contribution in [0.15, 0.2) is 36.4 Å². The quantitative estimate of drug-likeness (QED) is 0.380. The van der Waals surface area contributed by atoms with Crippen LogP contribution in [0.3, 0.4) is 0 Å². The fraction of sp³-hybridized carbons (Fsp3) is 0.381. The zero-order valence-electron chi connectivity index (χ0n) is 16.4. The van der Waals surface area contributed by atoms with E-state index in [0.29, 0.717) is 0 Å². The molecular formula is C21H24O6S. The molecule has 0 saturated carbocycles. The minimum atomic E-state index is -2.30. The lowest BCUT2D eigenvalue weighted by molar-refractivity contribution is -0.175. The van der Waals surface area contributed by atoms with Crippen molar-refractivity contribution >= 4 is 29.2 Å². The van der Waals surface area contributed by atoms with Crippen LogP contribution in [0.5, 0.6) is 0 Å². The average molecular weight is 404 g/mol. The van der Waals surface area contributed by atoms with Crippen LogP contribution in [0.4, 0.5) is 0 Å². The third-order valence-electron chi connectivity index (χ3n) is 4.06. The van der Waals surface area contributed by atoms with Crippen molar-refractivity contribution in [2.24, 2.45) is 0 Å². The number of carbonyl (C=O) groups is 3. The summed E-state index contributed by atoms with van der Waals surface area (Å²) in [5.41, 5.74) is -0.276. The monoisotopic (exact) mass is 404 g/mol. The van der Waals surface area contributed by atoms with Gasteiger partial charge in [-0.05, 0) is 45.4 Å². The summed E-state index contributed by atoms with van der Waals surface area (Å²) in [6, 6.07) is 11.1. The van der Waals surface area contributed by atoms with E-state index in [4.69, 9.17) is 14.2 Å². The molecule has 0 aliphatic heterocycles. The van der Waals surface area contributed by atoms with E-state index in [1.165, 1.54) is 0 Å². The molecule has 150 valence electrons. The maximum absolute atomic E-state index is 12.9. The zero-order chi connectivity index (χ0) is 20.7. The van der Waals surface area contributed by atoms with E-state index in [1.807, 2.05) is 31.2 Å². The van der Waals surface area contributed by atoms with Gasteiger partial charge in [0.1, 0.15) is 0 Å². The lowest BCUT2D eigenvalue weighted by Crippen LogP contribution is -2.53. The van der Waals surface area contributed by atoms with E-state index >= 15 is 0 Å². The highest BCUT2D eigenvalue weighted by molar-refractivity contribution is 7.16. The molecule has 7 heteroatoms. The molecule has 1 heterocycles. The lowest BCUT2D eigenvalue weighted by atomic mass is 9.86. The molecule has 0 aliphatic carbocycles. The van der Waals surface area contributed by atoms with Crippen molar-refractivity contribution in [1.29, 1.82) is 0 Å². The van der Waals surface area contributed by atoms with Gasteiger partial charge in [-0.2, -0.15) is 0 Å². The predicted molar refractivity (Wildman–Crippen MR) is 106 cm³/mol. The number of esters is 3. The van der Waals surface area contributed by atoms with Gasteiger partial charge in [-0.15, -0.1) is 11.3 Å². The van der Waals surface area contributed by atoms with E-state index in [-0.39, 0.29) is 24.7 Å². The highest BCUT2D eigenvalue weighted by Gasteiger charge is 2.60. The second-order valence-corrected chi connectivity index (χ2v) is 7.03. The molecular weight excluding hydrogens is 380 g/mol. The van der Waals surface area contributed by atoms with Crippen LogP contribution in [0.2, 0.25) is 0 Å². The summed E-state index contributed by atoms with van der Waals surface area (Å²) in [6.45, 7) is 6.82. The van der Waals surface area contributed by atoms with E-state index in [1.54, 1.807) is 32.9 Å². The van der Waals surface area contributed by atoms with Crippen LogP contribution in [0, 0.1) is 6.92 Å². The average Bonchev–Trinajstić information content (AvgIpc) is 3.14. The summed E-state index contributed by atoms with van der Waals surface area (Å²) in [6.07, 6.45) is 0. The molecule has 0 unspecified atom stereocenters. The normalized spacial score (nSPS) is 11.0. The first-order valence-corrected chi connectivity index (χ1v) is 9.92. The van der Waals surface area contributed by atoms with E-state index in [0.717, 1.165) is 27.3 Å². The summed E-state index contributed by atoms with van der Waals surface area (Å²) >= 11 is 1.16. The molecule has 1 aromatic heterocycles. The molecule has 0 N–H and O–H groups in total. The molecule has 28 heavy (non-hydrogen) atoms. The molecule has 2 rings (SSSR count). The van der Waals surface area contributed by atoms with Crippen LogP contribution in [0.25, 0.3) is 10.4 Å². The van der Waals surface area contributed by atoms with Crippen molar-refractivity contribution in [3.05, 3.63) is 46.8 Å². The van der Waals surface area contributed by atoms with Gasteiger partial charge in [0, 0.05) is 9.75 Å². The summed E-state index contributed by atoms with van der Waals surface area (Å²) in [5.74, 6) is -2.99. The number of hydrogen-bond donors (Lipinski definition) is 0. The van der Waals surface area contributed by atoms with Crippen molar-refractivity contribution in [3.8, 4) is 10.4 Å². The van der Waals surface area contributed by atoms with Crippen molar-refractivity contribution in [2.45, 2.75) is 33.1 Å². The second-order valence-electron chi connectivity index (χ2n) is 5.94. The van der Waals surface area contributed by atoms with Gasteiger partial charge < -0.3 is 14.2 Å². The van der Waals surface area contributed by atoms with Gasteiger partial charge in [0.25, 0.3) is 5.41 Å². The van der Waals surface area contributed by atoms with Crippen LogP contribution < -0.4 is 0 Å². The number of aryl methyl sites for hydroxylation is 1. The summed E-state index contributed by atoms with van der Waals surface area (Å²) in [5, 5.41) is 0. The van der Waals surface area contributed by atoms with Gasteiger partial charge in [-0.1, -0.05) is 29.8 Å². The number of ether oxygens (including phenoxy) is 3. The lowest BCUT2D eigenvalue weighted by Gasteiger charge is -2.26. The highest BCUT2D eigenvalue weighted by Crippen LogP contribution is 2.38. The van der Waals surface area contributed by atoms with E-state index in [2.05, 4.69) is 0 Å². The minimum absolute atomic E-state index is 0.00951. The molecule has 0 fully saturated rings. The maximum atomic E-state index is 12.9. The fourth-order valence-electron chi connectivity index (χ4n) is 2.68. The van der Waals surface area contributed by atoms with Gasteiger partial charge >= 0.3 is 17.9 Å². The summed E-state index contributed by atoms with van der Waals surface area (Å²) in [4.78, 5) is 39.6. The van der Waals surface area contributed by atoms with Crippen molar-refractivity contribution < 1.29 is 28.6 Å². The first kappa shape index (κ1) is 21.6. The molecule has 0 bridgehead atoms. The Balaban J connectivity index is 2.62. The van der Waals surface area contributed by atoms with Gasteiger partial charge in [0.05, 0.1) is 19.8 Å². The van der Waals surface area contributed by atoms with Gasteiger partial charge in [-0.3, -0.25) is 0 Å². The number of rotatable bonds is 8. The van der Waals surface area contributed by atoms with Crippen molar-refractivity contribution in [3.63, 3.8) is 0 Å². The standard InChI is InChI=1S/C21H24O6S/c1-5-25-18(22)21(19(23)26-6-2,20(24)27-7-3)17-13-12-16(28-17)15-10-8-14(4)9-11-15/h8-13H,5-7H2,1-4H3. The Morgan fingerprint density at radius 2 is 1.25 bits per heavy atom. The number of benzene rings is 1. The summed E-state index contributed by atoms with van der Waals surface area (Å²) in [7, 11) is 0. The Morgan fingerprint density at radius 3 is 1.68 bits per heavy atom. The SMILES string of the molecule is CCOC(=O)C(C(=O)OCC)(C(=O)OCC)c1ccc(-c2ccc(C)cc2)s1. The third kappa shape index (κ3) is 4.09. The molecule has 0 aliphatic rings. The number of thiophene rings is 1. The van der Waals surface area contributed by atoms with E-state index < -0.39 is 23.3 Å². The van der Waals surface area contributed by atoms with Crippen LogP contribution in [-0.2, 0) is 34.0 Å². The largest absolute Gasteiger partial charge is 0.464 e. The Hall–Kier alpha value is -2.67. The van der Waals surface area contributed by atoms with Gasteiger partial charge in [-0.25, -0.2) is 14.4 Å². The topological polar surface area (TPSA) is 78.9 Å². The molecule has 2 aromatic rings. The Kier molecular flexibility index (Phi) is 7.34. The Morgan fingerprint density at radius 1 is 0.786 bits per heavy atom. The van der Waals surface area contributed by atoms with Crippen LogP contribution >= 0.6 is 11.3 Å². The number of carbonyl (C=O) groups excluding carboxylic acids is 3. The molecule has 6 nitrogen and oxygen atoms in total. The molecule has 0 atom stereocenters. The smallest absolute Gasteiger partial charge is 0.340 e. The predicted octanol–water partition coefficient (Wildman–Crippen LogP) is 3.65. The van der Waals surface area contributed by atoms with Crippen LogP contribution in [0.1, 0.15) is 31.2 Å².